The van der Waals surface area contributed by atoms with Gasteiger partial charge in [-0.25, -0.2) is 0 Å². The van der Waals surface area contributed by atoms with Gasteiger partial charge in [-0.3, -0.25) is 4.68 Å². The van der Waals surface area contributed by atoms with E-state index < -0.39 is 0 Å². The second kappa shape index (κ2) is 4.71. The van der Waals surface area contributed by atoms with Crippen molar-refractivity contribution in [1.82, 2.24) is 15.1 Å². The number of hydrogen-bond acceptors (Lipinski definition) is 3. The molecule has 0 amide bonds. The molecule has 1 aromatic rings. The number of aliphatic hydroxyl groups is 1. The van der Waals surface area contributed by atoms with Crippen LogP contribution in [0, 0.1) is 13.8 Å². The highest BCUT2D eigenvalue weighted by atomic mass is 79.9. The Hall–Kier alpha value is -0.390. The lowest BCUT2D eigenvalue weighted by atomic mass is 10.0. The molecular formula is C12H20BrN3O. The summed E-state index contributed by atoms with van der Waals surface area (Å²) < 4.78 is 3.02. The van der Waals surface area contributed by atoms with Gasteiger partial charge in [0.05, 0.1) is 28.9 Å². The number of halogens is 1. The Balaban J connectivity index is 2.13. The predicted molar refractivity (Wildman–Crippen MR) is 71.0 cm³/mol. The number of nitrogens with one attached hydrogen (secondary N) is 1. The fraction of sp³-hybridized carbons (Fsp3) is 0.750. The zero-order valence-corrected chi connectivity index (χ0v) is 12.2. The van der Waals surface area contributed by atoms with Crippen molar-refractivity contribution >= 4 is 15.9 Å². The maximum absolute atomic E-state index is 9.57. The highest BCUT2D eigenvalue weighted by Crippen LogP contribution is 2.25. The van der Waals surface area contributed by atoms with Gasteiger partial charge in [0, 0.05) is 11.7 Å². The highest BCUT2D eigenvalue weighted by molar-refractivity contribution is 9.10. The molecule has 1 heterocycles. The van der Waals surface area contributed by atoms with E-state index in [1.807, 2.05) is 18.5 Å². The second-order valence-corrected chi connectivity index (χ2v) is 6.07. The van der Waals surface area contributed by atoms with Crippen LogP contribution in [0.4, 0.5) is 0 Å². The van der Waals surface area contributed by atoms with Gasteiger partial charge >= 0.3 is 0 Å². The Morgan fingerprint density at radius 2 is 2.18 bits per heavy atom. The van der Waals surface area contributed by atoms with Crippen LogP contribution in [0.1, 0.15) is 31.2 Å². The van der Waals surface area contributed by atoms with E-state index in [1.54, 1.807) is 0 Å². The Bertz CT molecular complexity index is 414. The van der Waals surface area contributed by atoms with E-state index in [2.05, 4.69) is 33.3 Å². The van der Waals surface area contributed by atoms with Gasteiger partial charge < -0.3 is 10.4 Å². The van der Waals surface area contributed by atoms with Crippen molar-refractivity contribution in [2.45, 2.75) is 51.7 Å². The summed E-state index contributed by atoms with van der Waals surface area (Å²) in [5, 5.41) is 17.6. The lowest BCUT2D eigenvalue weighted by molar-refractivity contribution is 0.150. The molecule has 4 nitrogen and oxygen atoms in total. The van der Waals surface area contributed by atoms with Crippen LogP contribution in [0.3, 0.4) is 0 Å². The zero-order valence-electron chi connectivity index (χ0n) is 10.6. The molecule has 1 aliphatic carbocycles. The molecule has 1 atom stereocenters. The molecule has 0 radical (unpaired) electrons. The lowest BCUT2D eigenvalue weighted by Crippen LogP contribution is -2.50. The Labute approximate surface area is 111 Å². The number of aliphatic hydroxyl groups excluding tert-OH is 1. The average Bonchev–Trinajstić information content (AvgIpc) is 3.05. The van der Waals surface area contributed by atoms with Crippen LogP contribution in [0.15, 0.2) is 4.47 Å². The minimum absolute atomic E-state index is 0.124. The van der Waals surface area contributed by atoms with Crippen LogP contribution in [-0.4, -0.2) is 33.1 Å². The number of hydrogen-bond donors (Lipinski definition) is 2. The second-order valence-electron chi connectivity index (χ2n) is 5.28. The molecule has 0 spiro atoms. The van der Waals surface area contributed by atoms with Crippen LogP contribution in [0.2, 0.25) is 0 Å². The highest BCUT2D eigenvalue weighted by Gasteiger charge is 2.33. The van der Waals surface area contributed by atoms with Gasteiger partial charge in [-0.1, -0.05) is 0 Å². The van der Waals surface area contributed by atoms with E-state index >= 15 is 0 Å². The zero-order chi connectivity index (χ0) is 12.6. The normalized spacial score (nSPS) is 19.4. The first-order chi connectivity index (χ1) is 7.95. The molecule has 0 saturated heterocycles. The monoisotopic (exact) mass is 301 g/mol. The van der Waals surface area contributed by atoms with Crippen LogP contribution >= 0.6 is 15.9 Å². The standard InChI is InChI=1S/C12H20BrN3O/c1-8-11(13)9(2)16(15-8)6-12(3,7-17)14-10-4-5-10/h10,14,17H,4-7H2,1-3H3. The molecule has 0 aromatic carbocycles. The van der Waals surface area contributed by atoms with E-state index in [4.69, 9.17) is 0 Å². The summed E-state index contributed by atoms with van der Waals surface area (Å²) in [5.74, 6) is 0. The minimum Gasteiger partial charge on any atom is -0.394 e. The van der Waals surface area contributed by atoms with E-state index in [0.29, 0.717) is 12.6 Å². The van der Waals surface area contributed by atoms with E-state index in [-0.39, 0.29) is 12.1 Å². The molecule has 1 aliphatic rings. The van der Waals surface area contributed by atoms with Crippen molar-refractivity contribution in [2.24, 2.45) is 0 Å². The van der Waals surface area contributed by atoms with Crippen molar-refractivity contribution in [2.75, 3.05) is 6.61 Å². The van der Waals surface area contributed by atoms with Gasteiger partial charge in [0.25, 0.3) is 0 Å². The topological polar surface area (TPSA) is 50.1 Å². The van der Waals surface area contributed by atoms with Crippen molar-refractivity contribution in [3.05, 3.63) is 15.9 Å². The minimum atomic E-state index is -0.288. The van der Waals surface area contributed by atoms with Gasteiger partial charge in [-0.2, -0.15) is 5.10 Å². The molecule has 17 heavy (non-hydrogen) atoms. The van der Waals surface area contributed by atoms with Crippen molar-refractivity contribution < 1.29 is 5.11 Å². The van der Waals surface area contributed by atoms with Crippen LogP contribution in [0.25, 0.3) is 0 Å². The molecular weight excluding hydrogens is 282 g/mol. The molecule has 1 aromatic heterocycles. The Morgan fingerprint density at radius 1 is 1.53 bits per heavy atom. The molecule has 0 aliphatic heterocycles. The Morgan fingerprint density at radius 3 is 2.59 bits per heavy atom. The number of rotatable bonds is 5. The number of nitrogens with zero attached hydrogens (tertiary/aromatic N) is 2. The van der Waals surface area contributed by atoms with Crippen molar-refractivity contribution in [1.29, 1.82) is 0 Å². The van der Waals surface area contributed by atoms with Crippen LogP contribution in [-0.2, 0) is 6.54 Å². The third kappa shape index (κ3) is 2.89. The predicted octanol–water partition coefficient (Wildman–Crippen LogP) is 1.77. The number of aryl methyl sites for hydroxylation is 1. The quantitative estimate of drug-likeness (QED) is 0.871. The van der Waals surface area contributed by atoms with Crippen molar-refractivity contribution in [3.8, 4) is 0 Å². The molecule has 1 saturated carbocycles. The maximum atomic E-state index is 9.57. The van der Waals surface area contributed by atoms with Gasteiger partial charge in [-0.05, 0) is 49.5 Å². The lowest BCUT2D eigenvalue weighted by Gasteiger charge is -2.29. The fourth-order valence-corrected chi connectivity index (χ4v) is 2.31. The largest absolute Gasteiger partial charge is 0.394 e. The molecule has 0 bridgehead atoms. The number of aromatic nitrogens is 2. The average molecular weight is 302 g/mol. The summed E-state index contributed by atoms with van der Waals surface area (Å²) >= 11 is 3.53. The third-order valence-corrected chi connectivity index (χ3v) is 4.42. The summed E-state index contributed by atoms with van der Waals surface area (Å²) in [6, 6.07) is 0.576. The van der Waals surface area contributed by atoms with Gasteiger partial charge in [0.1, 0.15) is 0 Å². The third-order valence-electron chi connectivity index (χ3n) is 3.27. The van der Waals surface area contributed by atoms with E-state index in [0.717, 1.165) is 15.9 Å². The van der Waals surface area contributed by atoms with Gasteiger partial charge in [0.15, 0.2) is 0 Å². The summed E-state index contributed by atoms with van der Waals surface area (Å²) in [5.41, 5.74) is 1.82. The van der Waals surface area contributed by atoms with Gasteiger partial charge in [0.2, 0.25) is 0 Å². The molecule has 1 fully saturated rings. The summed E-state index contributed by atoms with van der Waals surface area (Å²) in [7, 11) is 0. The van der Waals surface area contributed by atoms with E-state index in [1.165, 1.54) is 12.8 Å². The maximum Gasteiger partial charge on any atom is 0.0738 e. The summed E-state index contributed by atoms with van der Waals surface area (Å²) in [6.07, 6.45) is 2.44. The summed E-state index contributed by atoms with van der Waals surface area (Å²) in [4.78, 5) is 0. The fourth-order valence-electron chi connectivity index (χ4n) is 2.02. The Kier molecular flexibility index (Phi) is 3.61. The molecule has 1 unspecified atom stereocenters. The van der Waals surface area contributed by atoms with Gasteiger partial charge in [-0.15, -0.1) is 0 Å². The molecule has 2 rings (SSSR count). The van der Waals surface area contributed by atoms with Crippen LogP contribution < -0.4 is 5.32 Å². The summed E-state index contributed by atoms with van der Waals surface area (Å²) in [6.45, 7) is 6.89. The van der Waals surface area contributed by atoms with Crippen molar-refractivity contribution in [3.63, 3.8) is 0 Å². The molecule has 2 N–H and O–H groups in total. The van der Waals surface area contributed by atoms with E-state index in [9.17, 15) is 5.11 Å². The first-order valence-electron chi connectivity index (χ1n) is 6.03. The first-order valence-corrected chi connectivity index (χ1v) is 6.82. The molecule has 96 valence electrons. The first kappa shape index (κ1) is 13.1. The molecule has 5 heteroatoms. The van der Waals surface area contributed by atoms with Crippen LogP contribution in [0.5, 0.6) is 0 Å². The smallest absolute Gasteiger partial charge is 0.0738 e. The SMILES string of the molecule is Cc1nn(CC(C)(CO)NC2CC2)c(C)c1Br.